The number of likely N-dealkylation sites (tertiary alicyclic amines) is 1. The van der Waals surface area contributed by atoms with Gasteiger partial charge in [0.25, 0.3) is 0 Å². The fourth-order valence-corrected chi connectivity index (χ4v) is 3.84. The second-order valence-electron chi connectivity index (χ2n) is 6.63. The molecule has 5 heteroatoms. The highest BCUT2D eigenvalue weighted by Gasteiger charge is 2.38. The van der Waals surface area contributed by atoms with Gasteiger partial charge in [0.2, 0.25) is 5.78 Å². The fourth-order valence-electron chi connectivity index (χ4n) is 3.84. The predicted molar refractivity (Wildman–Crippen MR) is 85.6 cm³/mol. The number of Topliss-reactive ketones (excluding diaryl/α,β-unsaturated/α-hetero) is 1. The molecule has 0 spiro atoms. The highest BCUT2D eigenvalue weighted by molar-refractivity contribution is 6.00. The van der Waals surface area contributed by atoms with Gasteiger partial charge in [0, 0.05) is 12.0 Å². The fraction of sp³-hybridized carbons (Fsp3) is 0.611. The first-order valence-electron chi connectivity index (χ1n) is 8.42. The molecule has 1 atom stereocenters. The van der Waals surface area contributed by atoms with Gasteiger partial charge >= 0.3 is 0 Å². The second-order valence-corrected chi connectivity index (χ2v) is 6.63. The van der Waals surface area contributed by atoms with Gasteiger partial charge in [-0.2, -0.15) is 0 Å². The minimum atomic E-state index is 0. The van der Waals surface area contributed by atoms with Crippen molar-refractivity contribution >= 4 is 5.78 Å². The first-order chi connectivity index (χ1) is 10.6. The molecule has 0 radical (unpaired) electrons. The summed E-state index contributed by atoms with van der Waals surface area (Å²) < 4.78 is 12.0. The molecule has 1 unspecified atom stereocenters. The van der Waals surface area contributed by atoms with Crippen molar-refractivity contribution in [3.63, 3.8) is 0 Å². The molecule has 0 bridgehead atoms. The van der Waals surface area contributed by atoms with E-state index in [-0.39, 0.29) is 35.8 Å². The van der Waals surface area contributed by atoms with E-state index in [4.69, 9.17) is 9.47 Å². The van der Waals surface area contributed by atoms with Gasteiger partial charge in [-0.3, -0.25) is 4.79 Å². The van der Waals surface area contributed by atoms with Crippen molar-refractivity contribution in [1.29, 1.82) is 0 Å². The molecule has 0 aromatic heterocycles. The van der Waals surface area contributed by atoms with Crippen LogP contribution in [0.2, 0.25) is 0 Å². The summed E-state index contributed by atoms with van der Waals surface area (Å²) in [6.45, 7) is 5.46. The number of fused-ring (bicyclic) bond motifs is 1. The summed E-state index contributed by atoms with van der Waals surface area (Å²) in [5, 5.41) is 0. The van der Waals surface area contributed by atoms with E-state index in [1.807, 2.05) is 18.2 Å². The number of ether oxygens (including phenoxy) is 2. The summed E-state index contributed by atoms with van der Waals surface area (Å²) in [6.07, 6.45) is 4.62. The van der Waals surface area contributed by atoms with E-state index in [9.17, 15) is 4.79 Å². The number of benzene rings is 1. The Kier molecular flexibility index (Phi) is 6.31. The van der Waals surface area contributed by atoms with Crippen LogP contribution in [-0.4, -0.2) is 49.7 Å². The van der Waals surface area contributed by atoms with Crippen LogP contribution in [0.1, 0.15) is 43.0 Å². The van der Waals surface area contributed by atoms with Crippen LogP contribution in [-0.2, 0) is 0 Å². The number of hydrogen-bond donors (Lipinski definition) is 0. The van der Waals surface area contributed by atoms with E-state index in [0.717, 1.165) is 35.3 Å². The third-order valence-electron chi connectivity index (χ3n) is 5.11. The highest BCUT2D eigenvalue weighted by atomic mass is 127. The van der Waals surface area contributed by atoms with Crippen LogP contribution in [0, 0.1) is 0 Å². The standard InChI is InChI=1S/C18H26NO3.HI/c1-3-15(19(2)9-5-4-6-10-19)18(20)14-7-8-16-17(13-14)22-12-11-21-16;/h7-8,13,15H,3-6,9-12H2,1-2H3;1H/q+1;/p-1. The largest absolute Gasteiger partial charge is 1.00 e. The summed E-state index contributed by atoms with van der Waals surface area (Å²) in [4.78, 5) is 13.1. The van der Waals surface area contributed by atoms with E-state index in [1.165, 1.54) is 19.3 Å². The van der Waals surface area contributed by atoms with Crippen LogP contribution in [0.15, 0.2) is 18.2 Å². The maximum atomic E-state index is 13.1. The minimum Gasteiger partial charge on any atom is -1.00 e. The maximum absolute atomic E-state index is 13.1. The number of hydrogen-bond acceptors (Lipinski definition) is 3. The number of piperidine rings is 1. The van der Waals surface area contributed by atoms with Crippen molar-refractivity contribution in [2.45, 2.75) is 38.6 Å². The van der Waals surface area contributed by atoms with Crippen molar-refractivity contribution in [3.05, 3.63) is 23.8 Å². The monoisotopic (exact) mass is 431 g/mol. The Hall–Kier alpha value is -0.820. The SMILES string of the molecule is CCC(C(=O)c1ccc2c(c1)OCCO2)[N+]1(C)CCCCC1.[I-]. The quantitative estimate of drug-likeness (QED) is 0.384. The predicted octanol–water partition coefficient (Wildman–Crippen LogP) is 0.0536. The first-order valence-corrected chi connectivity index (χ1v) is 8.42. The van der Waals surface area contributed by atoms with Crippen molar-refractivity contribution in [3.8, 4) is 11.5 Å². The van der Waals surface area contributed by atoms with Crippen molar-refractivity contribution in [2.75, 3.05) is 33.4 Å². The molecule has 2 aliphatic rings. The highest BCUT2D eigenvalue weighted by Crippen LogP contribution is 2.32. The summed E-state index contributed by atoms with van der Waals surface area (Å²) in [6, 6.07) is 5.65. The molecule has 1 aromatic rings. The Labute approximate surface area is 155 Å². The molecular formula is C18H26INO3. The minimum absolute atomic E-state index is 0. The van der Waals surface area contributed by atoms with Gasteiger partial charge in [-0.25, -0.2) is 0 Å². The first kappa shape index (κ1) is 18.5. The molecule has 3 rings (SSSR count). The Morgan fingerprint density at radius 1 is 1.13 bits per heavy atom. The van der Waals surface area contributed by atoms with E-state index in [1.54, 1.807) is 0 Å². The lowest BCUT2D eigenvalue weighted by atomic mass is 9.95. The zero-order valence-electron chi connectivity index (χ0n) is 14.0. The molecule has 1 saturated heterocycles. The molecule has 2 aliphatic heterocycles. The van der Waals surface area contributed by atoms with Crippen LogP contribution >= 0.6 is 0 Å². The average Bonchev–Trinajstić information content (AvgIpc) is 2.55. The lowest BCUT2D eigenvalue weighted by molar-refractivity contribution is -0.928. The van der Waals surface area contributed by atoms with Gasteiger partial charge in [0.05, 0.1) is 20.1 Å². The molecule has 1 fully saturated rings. The zero-order valence-corrected chi connectivity index (χ0v) is 16.2. The molecule has 23 heavy (non-hydrogen) atoms. The molecule has 0 amide bonds. The Balaban J connectivity index is 0.00000192. The number of carbonyl (C=O) groups excluding carboxylic acids is 1. The maximum Gasteiger partial charge on any atom is 0.220 e. The molecule has 0 aliphatic carbocycles. The van der Waals surface area contributed by atoms with Gasteiger partial charge in [0.15, 0.2) is 17.5 Å². The number of quaternary nitrogens is 1. The van der Waals surface area contributed by atoms with E-state index >= 15 is 0 Å². The zero-order chi connectivity index (χ0) is 15.6. The summed E-state index contributed by atoms with van der Waals surface area (Å²) >= 11 is 0. The van der Waals surface area contributed by atoms with Crippen molar-refractivity contribution < 1.29 is 42.7 Å². The van der Waals surface area contributed by atoms with Crippen LogP contribution in [0.25, 0.3) is 0 Å². The number of likely N-dealkylation sites (N-methyl/N-ethyl adjacent to an activating group) is 1. The Morgan fingerprint density at radius 3 is 2.43 bits per heavy atom. The normalized spacial score (nSPS) is 20.3. The van der Waals surface area contributed by atoms with Gasteiger partial charge in [-0.1, -0.05) is 6.92 Å². The molecule has 4 nitrogen and oxygen atoms in total. The Bertz CT molecular complexity index is 555. The molecule has 2 heterocycles. The van der Waals surface area contributed by atoms with Gasteiger partial charge in [-0.15, -0.1) is 0 Å². The third kappa shape index (κ3) is 3.82. The van der Waals surface area contributed by atoms with Gasteiger partial charge < -0.3 is 37.9 Å². The van der Waals surface area contributed by atoms with E-state index < -0.39 is 0 Å². The summed E-state index contributed by atoms with van der Waals surface area (Å²) in [5.41, 5.74) is 0.751. The smallest absolute Gasteiger partial charge is 0.220 e. The molecule has 1 aromatic carbocycles. The molecule has 0 saturated carbocycles. The van der Waals surface area contributed by atoms with Crippen molar-refractivity contribution in [2.24, 2.45) is 0 Å². The lowest BCUT2D eigenvalue weighted by Gasteiger charge is -2.43. The van der Waals surface area contributed by atoms with E-state index in [2.05, 4.69) is 14.0 Å². The van der Waals surface area contributed by atoms with E-state index in [0.29, 0.717) is 19.0 Å². The topological polar surface area (TPSA) is 35.5 Å². The molecule has 0 N–H and O–H groups in total. The van der Waals surface area contributed by atoms with Crippen molar-refractivity contribution in [1.82, 2.24) is 0 Å². The third-order valence-corrected chi connectivity index (χ3v) is 5.11. The van der Waals surface area contributed by atoms with Crippen LogP contribution in [0.4, 0.5) is 0 Å². The number of carbonyl (C=O) groups is 1. The Morgan fingerprint density at radius 2 is 1.78 bits per heavy atom. The number of nitrogens with zero attached hydrogens (tertiary/aromatic N) is 1. The number of halogens is 1. The summed E-state index contributed by atoms with van der Waals surface area (Å²) in [7, 11) is 2.24. The second kappa shape index (κ2) is 7.83. The van der Waals surface area contributed by atoms with Crippen LogP contribution < -0.4 is 33.5 Å². The van der Waals surface area contributed by atoms with Crippen LogP contribution in [0.3, 0.4) is 0 Å². The van der Waals surface area contributed by atoms with Gasteiger partial charge in [0.1, 0.15) is 13.2 Å². The summed E-state index contributed by atoms with van der Waals surface area (Å²) in [5.74, 6) is 1.69. The lowest BCUT2D eigenvalue weighted by Crippen LogP contribution is -3.00. The average molecular weight is 431 g/mol. The van der Waals surface area contributed by atoms with Gasteiger partial charge in [-0.05, 0) is 37.5 Å². The number of rotatable bonds is 4. The number of ketones is 1. The molecular weight excluding hydrogens is 405 g/mol. The van der Waals surface area contributed by atoms with Crippen LogP contribution in [0.5, 0.6) is 11.5 Å². The molecule has 128 valence electrons.